The lowest BCUT2D eigenvalue weighted by atomic mass is 10.0. The molecule has 2 heterocycles. The van der Waals surface area contributed by atoms with E-state index >= 15 is 0 Å². The number of hydrogen-bond acceptors (Lipinski definition) is 5. The Morgan fingerprint density at radius 3 is 2.89 bits per heavy atom. The fourth-order valence-corrected chi connectivity index (χ4v) is 2.58. The van der Waals surface area contributed by atoms with E-state index in [1.807, 2.05) is 4.90 Å². The number of piperidine rings is 1. The second-order valence-electron chi connectivity index (χ2n) is 4.63. The highest BCUT2D eigenvalue weighted by Crippen LogP contribution is 2.30. The molecule has 104 valence electrons. The van der Waals surface area contributed by atoms with Crippen molar-refractivity contribution in [3.8, 4) is 0 Å². The normalized spacial score (nSPS) is 19.3. The number of likely N-dealkylation sites (N-methyl/N-ethyl adjacent to an activating group) is 1. The first-order valence-electron chi connectivity index (χ1n) is 6.32. The number of carbonyl (C=O) groups is 1. The molecule has 1 atom stereocenters. The van der Waals surface area contributed by atoms with Crippen LogP contribution in [0.3, 0.4) is 0 Å². The number of aromatic nitrogens is 2. The Balaban J connectivity index is 2.40. The molecule has 1 amide bonds. The standard InChI is InChI=1S/C12H18ClN5O/c1-7-9(14)10(17-12(13)16-7)18-6-4-3-5-8(18)11(19)15-2/h8H,3-6,14H2,1-2H3,(H,15,19). The van der Waals surface area contributed by atoms with Gasteiger partial charge in [0.1, 0.15) is 6.04 Å². The smallest absolute Gasteiger partial charge is 0.242 e. The van der Waals surface area contributed by atoms with Gasteiger partial charge >= 0.3 is 0 Å². The number of nitrogen functional groups attached to an aromatic ring is 1. The Labute approximate surface area is 117 Å². The summed E-state index contributed by atoms with van der Waals surface area (Å²) >= 11 is 5.90. The molecule has 0 aliphatic carbocycles. The maximum atomic E-state index is 12.0. The Kier molecular flexibility index (Phi) is 4.09. The molecule has 0 spiro atoms. The van der Waals surface area contributed by atoms with Crippen LogP contribution in [0.4, 0.5) is 11.5 Å². The number of hydrogen-bond donors (Lipinski definition) is 2. The van der Waals surface area contributed by atoms with E-state index in [2.05, 4.69) is 15.3 Å². The highest BCUT2D eigenvalue weighted by Gasteiger charge is 2.30. The van der Waals surface area contributed by atoms with Crippen molar-refractivity contribution >= 4 is 29.0 Å². The molecule has 6 nitrogen and oxygen atoms in total. The van der Waals surface area contributed by atoms with Crippen LogP contribution >= 0.6 is 11.6 Å². The van der Waals surface area contributed by atoms with Crippen LogP contribution in [0.2, 0.25) is 5.28 Å². The minimum Gasteiger partial charge on any atom is -0.394 e. The van der Waals surface area contributed by atoms with E-state index < -0.39 is 0 Å². The van der Waals surface area contributed by atoms with Gasteiger partial charge in [-0.25, -0.2) is 4.98 Å². The summed E-state index contributed by atoms with van der Waals surface area (Å²) in [5.74, 6) is 0.539. The van der Waals surface area contributed by atoms with E-state index in [0.29, 0.717) is 17.2 Å². The third kappa shape index (κ3) is 2.73. The van der Waals surface area contributed by atoms with E-state index in [1.54, 1.807) is 14.0 Å². The molecule has 1 unspecified atom stereocenters. The van der Waals surface area contributed by atoms with Gasteiger partial charge in [-0.2, -0.15) is 4.98 Å². The van der Waals surface area contributed by atoms with Crippen molar-refractivity contribution < 1.29 is 4.79 Å². The minimum atomic E-state index is -0.244. The number of aryl methyl sites for hydroxylation is 1. The van der Waals surface area contributed by atoms with E-state index in [1.165, 1.54) is 0 Å². The van der Waals surface area contributed by atoms with Gasteiger partial charge in [0.15, 0.2) is 5.82 Å². The van der Waals surface area contributed by atoms with Crippen LogP contribution in [0, 0.1) is 6.92 Å². The molecule has 1 aliphatic heterocycles. The number of nitrogens with zero attached hydrogens (tertiary/aromatic N) is 3. The van der Waals surface area contributed by atoms with Crippen molar-refractivity contribution in [3.05, 3.63) is 11.0 Å². The second kappa shape index (κ2) is 5.61. The molecule has 1 aromatic rings. The zero-order valence-electron chi connectivity index (χ0n) is 11.1. The molecule has 0 saturated carbocycles. The van der Waals surface area contributed by atoms with Crippen LogP contribution in [-0.4, -0.2) is 35.5 Å². The zero-order valence-corrected chi connectivity index (χ0v) is 11.9. The quantitative estimate of drug-likeness (QED) is 0.795. The lowest BCUT2D eigenvalue weighted by Gasteiger charge is -2.36. The van der Waals surface area contributed by atoms with E-state index in [-0.39, 0.29) is 17.2 Å². The van der Waals surface area contributed by atoms with E-state index in [9.17, 15) is 4.79 Å². The summed E-state index contributed by atoms with van der Waals surface area (Å²) in [6.07, 6.45) is 2.82. The first-order chi connectivity index (χ1) is 9.04. The second-order valence-corrected chi connectivity index (χ2v) is 4.97. The highest BCUT2D eigenvalue weighted by atomic mass is 35.5. The lowest BCUT2D eigenvalue weighted by Crippen LogP contribution is -2.49. The van der Waals surface area contributed by atoms with Crippen molar-refractivity contribution in [2.75, 3.05) is 24.2 Å². The third-order valence-electron chi connectivity index (χ3n) is 3.41. The van der Waals surface area contributed by atoms with Gasteiger partial charge in [-0.05, 0) is 37.8 Å². The maximum absolute atomic E-state index is 12.0. The monoisotopic (exact) mass is 283 g/mol. The SMILES string of the molecule is CNC(=O)C1CCCCN1c1nc(Cl)nc(C)c1N. The fraction of sp³-hybridized carbons (Fsp3) is 0.583. The Hall–Kier alpha value is -1.56. The first kappa shape index (κ1) is 13.9. The Morgan fingerprint density at radius 2 is 2.21 bits per heavy atom. The van der Waals surface area contributed by atoms with Crippen LogP contribution < -0.4 is 16.0 Å². The molecule has 19 heavy (non-hydrogen) atoms. The maximum Gasteiger partial charge on any atom is 0.242 e. The van der Waals surface area contributed by atoms with Crippen molar-refractivity contribution in [1.82, 2.24) is 15.3 Å². The molecular formula is C12H18ClN5O. The molecular weight excluding hydrogens is 266 g/mol. The molecule has 2 rings (SSSR count). The number of halogens is 1. The van der Waals surface area contributed by atoms with Crippen molar-refractivity contribution in [3.63, 3.8) is 0 Å². The average Bonchev–Trinajstić information content (AvgIpc) is 2.42. The summed E-state index contributed by atoms with van der Waals surface area (Å²) in [4.78, 5) is 22.1. The molecule has 0 aromatic carbocycles. The third-order valence-corrected chi connectivity index (χ3v) is 3.58. The van der Waals surface area contributed by atoms with E-state index in [4.69, 9.17) is 17.3 Å². The van der Waals surface area contributed by atoms with E-state index in [0.717, 1.165) is 25.8 Å². The Bertz CT molecular complexity index is 493. The van der Waals surface area contributed by atoms with Crippen molar-refractivity contribution in [1.29, 1.82) is 0 Å². The van der Waals surface area contributed by atoms with Gasteiger partial charge in [0, 0.05) is 13.6 Å². The number of nitrogens with two attached hydrogens (primary N) is 1. The number of nitrogens with one attached hydrogen (secondary N) is 1. The molecule has 1 aliphatic rings. The van der Waals surface area contributed by atoms with Gasteiger partial charge in [0.25, 0.3) is 0 Å². The fourth-order valence-electron chi connectivity index (χ4n) is 2.38. The molecule has 3 N–H and O–H groups in total. The number of anilines is 2. The lowest BCUT2D eigenvalue weighted by molar-refractivity contribution is -0.122. The highest BCUT2D eigenvalue weighted by molar-refractivity contribution is 6.28. The van der Waals surface area contributed by atoms with Crippen LogP contribution in [0.5, 0.6) is 0 Å². The number of rotatable bonds is 2. The summed E-state index contributed by atoms with van der Waals surface area (Å²) in [6.45, 7) is 2.53. The molecule has 1 fully saturated rings. The minimum absolute atomic E-state index is 0.0218. The van der Waals surface area contributed by atoms with Gasteiger partial charge in [-0.3, -0.25) is 4.79 Å². The van der Waals surface area contributed by atoms with Crippen LogP contribution in [-0.2, 0) is 4.79 Å². The summed E-state index contributed by atoms with van der Waals surface area (Å²) in [6, 6.07) is -0.244. The van der Waals surface area contributed by atoms with Gasteiger partial charge in [-0.15, -0.1) is 0 Å². The summed E-state index contributed by atoms with van der Waals surface area (Å²) in [7, 11) is 1.64. The van der Waals surface area contributed by atoms with Crippen LogP contribution in [0.1, 0.15) is 25.0 Å². The predicted octanol–water partition coefficient (Wildman–Crippen LogP) is 1.13. The van der Waals surface area contributed by atoms with Crippen molar-refractivity contribution in [2.24, 2.45) is 0 Å². The number of carbonyl (C=O) groups excluding carboxylic acids is 1. The van der Waals surface area contributed by atoms with Gasteiger partial charge < -0.3 is 16.0 Å². The van der Waals surface area contributed by atoms with Crippen molar-refractivity contribution in [2.45, 2.75) is 32.2 Å². The van der Waals surface area contributed by atoms with Crippen LogP contribution in [0.15, 0.2) is 0 Å². The summed E-state index contributed by atoms with van der Waals surface area (Å²) in [5, 5.41) is 2.84. The van der Waals surface area contributed by atoms with Gasteiger partial charge in [0.05, 0.1) is 11.4 Å². The zero-order chi connectivity index (χ0) is 14.0. The average molecular weight is 284 g/mol. The summed E-state index contributed by atoms with van der Waals surface area (Å²) < 4.78 is 0. The molecule has 1 aromatic heterocycles. The summed E-state index contributed by atoms with van der Waals surface area (Å²) in [5.41, 5.74) is 7.15. The first-order valence-corrected chi connectivity index (χ1v) is 6.70. The topological polar surface area (TPSA) is 84.1 Å². The largest absolute Gasteiger partial charge is 0.394 e. The predicted molar refractivity (Wildman–Crippen MR) is 75.2 cm³/mol. The Morgan fingerprint density at radius 1 is 1.47 bits per heavy atom. The van der Waals surface area contributed by atoms with Gasteiger partial charge in [-0.1, -0.05) is 0 Å². The number of amides is 1. The molecule has 7 heteroatoms. The molecule has 1 saturated heterocycles. The van der Waals surface area contributed by atoms with Crippen LogP contribution in [0.25, 0.3) is 0 Å². The van der Waals surface area contributed by atoms with Gasteiger partial charge in [0.2, 0.25) is 11.2 Å². The molecule has 0 bridgehead atoms. The molecule has 0 radical (unpaired) electrons.